The molecule has 0 aliphatic rings. The largest absolute Gasteiger partial charge is 2.00 e. The molecule has 0 heterocycles. The van der Waals surface area contributed by atoms with Crippen molar-refractivity contribution in [3.05, 3.63) is 35.9 Å². The molecule has 0 fully saturated rings. The molecule has 0 aliphatic heterocycles. The van der Waals surface area contributed by atoms with Gasteiger partial charge in [0.05, 0.1) is 0 Å². The Morgan fingerprint density at radius 1 is 0.520 bits per heavy atom. The second-order valence-electron chi connectivity index (χ2n) is 7.54. The molecule has 25 heavy (non-hydrogen) atoms. The molecule has 0 unspecified atom stereocenters. The van der Waals surface area contributed by atoms with Crippen molar-refractivity contribution in [2.75, 3.05) is 0 Å². The van der Waals surface area contributed by atoms with E-state index in [4.69, 9.17) is 0 Å². The van der Waals surface area contributed by atoms with Gasteiger partial charge in [0.25, 0.3) is 0 Å². The van der Waals surface area contributed by atoms with Gasteiger partial charge in [0, 0.05) is 0 Å². The molecular weight excluding hydrogens is 313 g/mol. The molecule has 0 saturated heterocycles. The molecule has 0 spiro atoms. The van der Waals surface area contributed by atoms with Crippen LogP contribution >= 0.6 is 0 Å². The fraction of sp³-hybridized carbons (Fsp3) is 0.750. The van der Waals surface area contributed by atoms with E-state index in [1.165, 1.54) is 115 Å². The SMILES string of the molecule is CCCCCCCCCCCCCCCCCCc1ccccc1.[H-].[H-].[Mg+2]. The van der Waals surface area contributed by atoms with Gasteiger partial charge in [-0.2, -0.15) is 0 Å². The van der Waals surface area contributed by atoms with Crippen LogP contribution in [0.2, 0.25) is 0 Å². The van der Waals surface area contributed by atoms with Gasteiger partial charge in [-0.05, 0) is 18.4 Å². The zero-order valence-electron chi connectivity index (χ0n) is 19.1. The van der Waals surface area contributed by atoms with Crippen molar-refractivity contribution in [3.8, 4) is 0 Å². The molecule has 0 N–H and O–H groups in total. The summed E-state index contributed by atoms with van der Waals surface area (Å²) in [4.78, 5) is 0. The van der Waals surface area contributed by atoms with Crippen LogP contribution in [0, 0.1) is 0 Å². The van der Waals surface area contributed by atoms with E-state index in [9.17, 15) is 0 Å². The molecule has 0 saturated carbocycles. The zero-order chi connectivity index (χ0) is 17.1. The van der Waals surface area contributed by atoms with Gasteiger partial charge in [0.2, 0.25) is 0 Å². The van der Waals surface area contributed by atoms with Crippen LogP contribution in [-0.4, -0.2) is 23.1 Å². The molecule has 1 aromatic rings. The summed E-state index contributed by atoms with van der Waals surface area (Å²) in [6.07, 6.45) is 24.4. The van der Waals surface area contributed by atoms with Crippen LogP contribution in [0.5, 0.6) is 0 Å². The Kier molecular flexibility index (Phi) is 20.3. The predicted octanol–water partition coefficient (Wildman–Crippen LogP) is 8.33. The number of aryl methyl sites for hydroxylation is 1. The first-order valence-corrected chi connectivity index (χ1v) is 11.0. The predicted molar refractivity (Wildman–Crippen MR) is 118 cm³/mol. The molecule has 0 aliphatic carbocycles. The van der Waals surface area contributed by atoms with Crippen molar-refractivity contribution < 1.29 is 2.85 Å². The first-order valence-electron chi connectivity index (χ1n) is 11.0. The van der Waals surface area contributed by atoms with Crippen molar-refractivity contribution in [3.63, 3.8) is 0 Å². The van der Waals surface area contributed by atoms with Crippen LogP contribution in [0.1, 0.15) is 118 Å². The smallest absolute Gasteiger partial charge is 1.00 e. The quantitative estimate of drug-likeness (QED) is 0.194. The van der Waals surface area contributed by atoms with Crippen molar-refractivity contribution >= 4 is 23.1 Å². The molecule has 1 aromatic carbocycles. The van der Waals surface area contributed by atoms with Gasteiger partial charge in [0.1, 0.15) is 0 Å². The molecule has 142 valence electrons. The Morgan fingerprint density at radius 2 is 0.880 bits per heavy atom. The minimum Gasteiger partial charge on any atom is -1.00 e. The second kappa shape index (κ2) is 20.3. The minimum absolute atomic E-state index is 0. The third-order valence-corrected chi connectivity index (χ3v) is 5.16. The number of hydrogen-bond acceptors (Lipinski definition) is 0. The number of hydrogen-bond donors (Lipinski definition) is 0. The topological polar surface area (TPSA) is 0 Å². The van der Waals surface area contributed by atoms with E-state index in [0.29, 0.717) is 0 Å². The summed E-state index contributed by atoms with van der Waals surface area (Å²) in [5.41, 5.74) is 1.50. The van der Waals surface area contributed by atoms with E-state index >= 15 is 0 Å². The number of rotatable bonds is 17. The Hall–Kier alpha value is -0.0138. The monoisotopic (exact) mass is 356 g/mol. The van der Waals surface area contributed by atoms with E-state index in [-0.39, 0.29) is 25.9 Å². The first kappa shape index (κ1) is 25.0. The van der Waals surface area contributed by atoms with Gasteiger partial charge in [-0.15, -0.1) is 0 Å². The van der Waals surface area contributed by atoms with E-state index in [0.717, 1.165) is 0 Å². The summed E-state index contributed by atoms with van der Waals surface area (Å²) in [5, 5.41) is 0. The molecule has 0 atom stereocenters. The fourth-order valence-corrected chi connectivity index (χ4v) is 3.52. The van der Waals surface area contributed by atoms with Crippen LogP contribution in [0.4, 0.5) is 0 Å². The Labute approximate surface area is 177 Å². The van der Waals surface area contributed by atoms with Crippen LogP contribution in [-0.2, 0) is 6.42 Å². The van der Waals surface area contributed by atoms with Crippen LogP contribution in [0.25, 0.3) is 0 Å². The van der Waals surface area contributed by atoms with Crippen LogP contribution < -0.4 is 0 Å². The average Bonchev–Trinajstić information content (AvgIpc) is 2.62. The van der Waals surface area contributed by atoms with Gasteiger partial charge >= 0.3 is 23.1 Å². The van der Waals surface area contributed by atoms with Gasteiger partial charge in [-0.3, -0.25) is 0 Å². The number of benzene rings is 1. The molecule has 0 radical (unpaired) electrons. The Bertz CT molecular complexity index is 357. The Morgan fingerprint density at radius 3 is 1.28 bits per heavy atom. The molecular formula is C24H44Mg. The summed E-state index contributed by atoms with van der Waals surface area (Å²) in [6.45, 7) is 2.30. The zero-order valence-corrected chi connectivity index (χ0v) is 18.5. The van der Waals surface area contributed by atoms with E-state index in [1.54, 1.807) is 0 Å². The maximum atomic E-state index is 2.30. The summed E-state index contributed by atoms with van der Waals surface area (Å²) >= 11 is 0. The van der Waals surface area contributed by atoms with E-state index in [1.807, 2.05) is 0 Å². The van der Waals surface area contributed by atoms with Gasteiger partial charge < -0.3 is 2.85 Å². The molecule has 0 nitrogen and oxygen atoms in total. The molecule has 1 heteroatoms. The summed E-state index contributed by atoms with van der Waals surface area (Å²) in [6, 6.07) is 10.9. The summed E-state index contributed by atoms with van der Waals surface area (Å²) < 4.78 is 0. The summed E-state index contributed by atoms with van der Waals surface area (Å²) in [7, 11) is 0. The summed E-state index contributed by atoms with van der Waals surface area (Å²) in [5.74, 6) is 0. The molecule has 0 bridgehead atoms. The van der Waals surface area contributed by atoms with Crippen molar-refractivity contribution in [2.45, 2.75) is 116 Å². The maximum Gasteiger partial charge on any atom is 2.00 e. The van der Waals surface area contributed by atoms with Crippen LogP contribution in [0.15, 0.2) is 30.3 Å². The standard InChI is InChI=1S/C24H42.Mg.2H/c1-2-3-4-5-6-7-8-9-10-11-12-13-14-15-16-18-21-24-22-19-17-20-23-24;;;/h17,19-20,22-23H,2-16,18,21H2,1H3;;;/q;+2;2*-1. The van der Waals surface area contributed by atoms with Gasteiger partial charge in [0.15, 0.2) is 0 Å². The second-order valence-corrected chi connectivity index (χ2v) is 7.54. The van der Waals surface area contributed by atoms with Gasteiger partial charge in [-0.25, -0.2) is 0 Å². The van der Waals surface area contributed by atoms with E-state index in [2.05, 4.69) is 37.3 Å². The number of unbranched alkanes of at least 4 members (excludes halogenated alkanes) is 15. The van der Waals surface area contributed by atoms with E-state index < -0.39 is 0 Å². The third-order valence-electron chi connectivity index (χ3n) is 5.16. The minimum atomic E-state index is 0. The molecule has 0 amide bonds. The van der Waals surface area contributed by atoms with Crippen molar-refractivity contribution in [2.24, 2.45) is 0 Å². The molecule has 1 rings (SSSR count). The Balaban J connectivity index is -0.00000192. The van der Waals surface area contributed by atoms with Crippen molar-refractivity contribution in [1.29, 1.82) is 0 Å². The first-order chi connectivity index (χ1) is 11.9. The average molecular weight is 357 g/mol. The van der Waals surface area contributed by atoms with Crippen LogP contribution in [0.3, 0.4) is 0 Å². The normalized spacial score (nSPS) is 10.6. The third kappa shape index (κ3) is 17.2. The molecule has 0 aromatic heterocycles. The van der Waals surface area contributed by atoms with Gasteiger partial charge in [-0.1, -0.05) is 134 Å². The maximum absolute atomic E-state index is 2.30. The van der Waals surface area contributed by atoms with Crippen molar-refractivity contribution in [1.82, 2.24) is 0 Å². The fourth-order valence-electron chi connectivity index (χ4n) is 3.52.